The summed E-state index contributed by atoms with van der Waals surface area (Å²) in [5.41, 5.74) is 0.680. The smallest absolute Gasteiger partial charge is 0.292 e. The van der Waals surface area contributed by atoms with E-state index < -0.39 is 0 Å². The first-order valence-corrected chi connectivity index (χ1v) is 7.18. The topological polar surface area (TPSA) is 58.4 Å². The Morgan fingerprint density at radius 1 is 1.58 bits per heavy atom. The zero-order valence-electron chi connectivity index (χ0n) is 11.1. The van der Waals surface area contributed by atoms with E-state index in [1.807, 2.05) is 0 Å². The second kappa shape index (κ2) is 5.88. The third-order valence-corrected chi connectivity index (χ3v) is 4.05. The summed E-state index contributed by atoms with van der Waals surface area (Å²) in [5.74, 6) is 0. The predicted molar refractivity (Wildman–Crippen MR) is 79.5 cm³/mol. The lowest BCUT2D eigenvalue weighted by Crippen LogP contribution is -2.36. The number of hydrogen-bond donors (Lipinski definition) is 1. The number of nitro benzene ring substituents is 1. The average molecular weight is 328 g/mol. The lowest BCUT2D eigenvalue weighted by Gasteiger charge is -2.25. The molecule has 1 saturated carbocycles. The molecule has 104 valence electrons. The summed E-state index contributed by atoms with van der Waals surface area (Å²) in [7, 11) is 2.11. The van der Waals surface area contributed by atoms with Gasteiger partial charge in [0.05, 0.1) is 4.92 Å². The normalized spacial score (nSPS) is 16.4. The highest BCUT2D eigenvalue weighted by Crippen LogP contribution is 2.29. The van der Waals surface area contributed by atoms with Crippen molar-refractivity contribution >= 4 is 27.3 Å². The van der Waals surface area contributed by atoms with Crippen LogP contribution in [0.1, 0.15) is 19.8 Å². The van der Waals surface area contributed by atoms with E-state index in [1.54, 1.807) is 12.1 Å². The van der Waals surface area contributed by atoms with Crippen LogP contribution in [0.4, 0.5) is 11.4 Å². The van der Waals surface area contributed by atoms with Crippen LogP contribution in [0.3, 0.4) is 0 Å². The van der Waals surface area contributed by atoms with Crippen molar-refractivity contribution in [2.24, 2.45) is 0 Å². The largest absolute Gasteiger partial charge is 0.378 e. The zero-order chi connectivity index (χ0) is 14.0. The minimum absolute atomic E-state index is 0.115. The van der Waals surface area contributed by atoms with Gasteiger partial charge in [-0.25, -0.2) is 0 Å². The van der Waals surface area contributed by atoms with Crippen LogP contribution in [0.25, 0.3) is 0 Å². The molecule has 0 radical (unpaired) electrons. The van der Waals surface area contributed by atoms with E-state index >= 15 is 0 Å². The van der Waals surface area contributed by atoms with E-state index in [4.69, 9.17) is 0 Å². The Balaban J connectivity index is 2.01. The van der Waals surface area contributed by atoms with E-state index in [0.29, 0.717) is 24.3 Å². The molecule has 1 aromatic rings. The zero-order valence-corrected chi connectivity index (χ0v) is 12.7. The minimum atomic E-state index is -0.357. The summed E-state index contributed by atoms with van der Waals surface area (Å²) in [4.78, 5) is 12.9. The molecule has 1 aliphatic carbocycles. The van der Waals surface area contributed by atoms with Crippen molar-refractivity contribution in [1.29, 1.82) is 0 Å². The average Bonchev–Trinajstić information content (AvgIpc) is 3.18. The van der Waals surface area contributed by atoms with Crippen LogP contribution in [0.5, 0.6) is 0 Å². The molecule has 1 N–H and O–H groups in total. The third kappa shape index (κ3) is 3.67. The van der Waals surface area contributed by atoms with Crippen LogP contribution in [0.15, 0.2) is 22.7 Å². The van der Waals surface area contributed by atoms with Crippen molar-refractivity contribution in [2.45, 2.75) is 31.8 Å². The van der Waals surface area contributed by atoms with E-state index in [0.717, 1.165) is 4.47 Å². The first-order chi connectivity index (χ1) is 8.99. The Labute approximate surface area is 121 Å². The number of nitrogens with one attached hydrogen (secondary N) is 1. The number of halogens is 1. The van der Waals surface area contributed by atoms with Crippen LogP contribution in [-0.2, 0) is 0 Å². The Morgan fingerprint density at radius 2 is 2.26 bits per heavy atom. The summed E-state index contributed by atoms with van der Waals surface area (Å²) in [6.45, 7) is 2.83. The molecule has 1 aliphatic rings. The van der Waals surface area contributed by atoms with Gasteiger partial charge in [-0.3, -0.25) is 15.0 Å². The molecule has 5 nitrogen and oxygen atoms in total. The minimum Gasteiger partial charge on any atom is -0.378 e. The van der Waals surface area contributed by atoms with Gasteiger partial charge in [-0.15, -0.1) is 0 Å². The van der Waals surface area contributed by atoms with Crippen molar-refractivity contribution < 1.29 is 4.92 Å². The fraction of sp³-hybridized carbons (Fsp3) is 0.538. The Kier molecular flexibility index (Phi) is 4.42. The molecule has 19 heavy (non-hydrogen) atoms. The van der Waals surface area contributed by atoms with Crippen molar-refractivity contribution in [2.75, 3.05) is 18.9 Å². The Hall–Kier alpha value is -1.14. The molecule has 2 rings (SSSR count). The molecule has 1 fully saturated rings. The second-order valence-corrected chi connectivity index (χ2v) is 5.96. The SMILES string of the molecule is CC(CNc1cc(Br)ccc1[N+](=O)[O-])N(C)C1CC1. The molecule has 0 aromatic heterocycles. The number of nitro groups is 1. The molecule has 0 amide bonds. The summed E-state index contributed by atoms with van der Waals surface area (Å²) >= 11 is 3.34. The molecular formula is C13H18BrN3O2. The van der Waals surface area contributed by atoms with E-state index in [1.165, 1.54) is 18.9 Å². The van der Waals surface area contributed by atoms with Crippen molar-refractivity contribution in [1.82, 2.24) is 4.90 Å². The maximum atomic E-state index is 11.0. The van der Waals surface area contributed by atoms with Crippen LogP contribution >= 0.6 is 15.9 Å². The van der Waals surface area contributed by atoms with Gasteiger partial charge >= 0.3 is 0 Å². The number of likely N-dealkylation sites (N-methyl/N-ethyl adjacent to an activating group) is 1. The highest BCUT2D eigenvalue weighted by atomic mass is 79.9. The second-order valence-electron chi connectivity index (χ2n) is 5.05. The van der Waals surface area contributed by atoms with E-state index in [-0.39, 0.29) is 10.6 Å². The van der Waals surface area contributed by atoms with Gasteiger partial charge in [-0.2, -0.15) is 0 Å². The molecular weight excluding hydrogens is 310 g/mol. The number of hydrogen-bond acceptors (Lipinski definition) is 4. The van der Waals surface area contributed by atoms with E-state index in [9.17, 15) is 10.1 Å². The van der Waals surface area contributed by atoms with Gasteiger partial charge in [0, 0.05) is 29.2 Å². The number of rotatable bonds is 6. The quantitative estimate of drug-likeness (QED) is 0.643. The first kappa shape index (κ1) is 14.3. The maximum absolute atomic E-state index is 11.0. The maximum Gasteiger partial charge on any atom is 0.292 e. The standard InChI is InChI=1S/C13H18BrN3O2/c1-9(16(2)11-4-5-11)8-15-12-7-10(14)3-6-13(12)17(18)19/h3,6-7,9,11,15H,4-5,8H2,1-2H3. The van der Waals surface area contributed by atoms with Crippen LogP contribution in [0.2, 0.25) is 0 Å². The van der Waals surface area contributed by atoms with Gasteiger partial charge in [0.15, 0.2) is 0 Å². The predicted octanol–water partition coefficient (Wildman–Crippen LogP) is 3.25. The summed E-state index contributed by atoms with van der Waals surface area (Å²) in [6.07, 6.45) is 2.52. The summed E-state index contributed by atoms with van der Waals surface area (Å²) in [5, 5.41) is 14.2. The highest BCUT2D eigenvalue weighted by molar-refractivity contribution is 9.10. The van der Waals surface area contributed by atoms with Gasteiger partial charge in [0.2, 0.25) is 0 Å². The Bertz CT molecular complexity index is 477. The summed E-state index contributed by atoms with van der Waals surface area (Å²) < 4.78 is 0.837. The molecule has 0 heterocycles. The first-order valence-electron chi connectivity index (χ1n) is 6.39. The monoisotopic (exact) mass is 327 g/mol. The molecule has 0 spiro atoms. The third-order valence-electron chi connectivity index (χ3n) is 3.56. The van der Waals surface area contributed by atoms with Gasteiger partial charge in [0.25, 0.3) is 5.69 Å². The lowest BCUT2D eigenvalue weighted by atomic mass is 10.2. The van der Waals surface area contributed by atoms with Gasteiger partial charge in [-0.05, 0) is 38.9 Å². The molecule has 0 saturated heterocycles. The summed E-state index contributed by atoms with van der Waals surface area (Å²) in [6, 6.07) is 5.99. The lowest BCUT2D eigenvalue weighted by molar-refractivity contribution is -0.384. The van der Waals surface area contributed by atoms with E-state index in [2.05, 4.69) is 40.1 Å². The van der Waals surface area contributed by atoms with Crippen LogP contribution in [-0.4, -0.2) is 35.5 Å². The van der Waals surface area contributed by atoms with Crippen molar-refractivity contribution in [3.8, 4) is 0 Å². The number of benzene rings is 1. The fourth-order valence-electron chi connectivity index (χ4n) is 2.05. The van der Waals surface area contributed by atoms with Crippen LogP contribution in [0, 0.1) is 10.1 Å². The van der Waals surface area contributed by atoms with Crippen LogP contribution < -0.4 is 5.32 Å². The molecule has 6 heteroatoms. The molecule has 0 aliphatic heterocycles. The van der Waals surface area contributed by atoms with Crippen molar-refractivity contribution in [3.05, 3.63) is 32.8 Å². The Morgan fingerprint density at radius 3 is 2.84 bits per heavy atom. The van der Waals surface area contributed by atoms with Gasteiger partial charge < -0.3 is 5.32 Å². The number of anilines is 1. The van der Waals surface area contributed by atoms with Gasteiger partial charge in [0.1, 0.15) is 5.69 Å². The fourth-order valence-corrected chi connectivity index (χ4v) is 2.41. The molecule has 0 bridgehead atoms. The number of nitrogens with zero attached hydrogens (tertiary/aromatic N) is 2. The highest BCUT2D eigenvalue weighted by Gasteiger charge is 2.29. The van der Waals surface area contributed by atoms with Crippen molar-refractivity contribution in [3.63, 3.8) is 0 Å². The molecule has 1 unspecified atom stereocenters. The molecule has 1 aromatic carbocycles. The molecule has 1 atom stereocenters. The van der Waals surface area contributed by atoms with Gasteiger partial charge in [-0.1, -0.05) is 15.9 Å².